The number of hydrogen-bond acceptors (Lipinski definition) is 3. The minimum absolute atomic E-state index is 0.705. The molecule has 0 aliphatic heterocycles. The van der Waals surface area contributed by atoms with Gasteiger partial charge in [0.2, 0.25) is 0 Å². The van der Waals surface area contributed by atoms with Gasteiger partial charge in [0.25, 0.3) is 0 Å². The summed E-state index contributed by atoms with van der Waals surface area (Å²) in [5.41, 5.74) is 10.4. The van der Waals surface area contributed by atoms with Gasteiger partial charge in [-0.15, -0.1) is 0 Å². The molecule has 2 aromatic heterocycles. The maximum absolute atomic E-state index is 6.38. The second-order valence-electron chi connectivity index (χ2n) is 11.4. The van der Waals surface area contributed by atoms with Gasteiger partial charge in [-0.05, 0) is 45.8 Å². The number of fused-ring (bicyclic) bond motifs is 6. The zero-order valence-corrected chi connectivity index (χ0v) is 24.3. The number of furan rings is 1. The molecule has 0 unspecified atom stereocenters. The molecule has 0 radical (unpaired) electrons. The van der Waals surface area contributed by atoms with Crippen molar-refractivity contribution in [1.29, 1.82) is 0 Å². The van der Waals surface area contributed by atoms with Gasteiger partial charge in [-0.2, -0.15) is 0 Å². The molecule has 9 rings (SSSR count). The van der Waals surface area contributed by atoms with Crippen LogP contribution < -0.4 is 0 Å². The monoisotopic (exact) mass is 574 g/mol. The Kier molecular flexibility index (Phi) is 5.82. The highest BCUT2D eigenvalue weighted by atomic mass is 16.3. The molecule has 0 N–H and O–H groups in total. The molecule has 0 aliphatic carbocycles. The molecule has 0 spiro atoms. The van der Waals surface area contributed by atoms with Crippen LogP contribution in [-0.4, -0.2) is 9.97 Å². The molecule has 3 heteroatoms. The summed E-state index contributed by atoms with van der Waals surface area (Å²) in [4.78, 5) is 10.2. The number of rotatable bonds is 4. The van der Waals surface area contributed by atoms with Gasteiger partial charge in [0.1, 0.15) is 11.2 Å². The second kappa shape index (κ2) is 10.3. The molecule has 0 saturated carbocycles. The summed E-state index contributed by atoms with van der Waals surface area (Å²) in [5.74, 6) is 0.705. The van der Waals surface area contributed by atoms with E-state index in [2.05, 4.69) is 133 Å². The number of hydrogen-bond donors (Lipinski definition) is 0. The first-order chi connectivity index (χ1) is 22.3. The topological polar surface area (TPSA) is 38.9 Å². The molecule has 0 bridgehead atoms. The summed E-state index contributed by atoms with van der Waals surface area (Å²) >= 11 is 0. The van der Waals surface area contributed by atoms with Crippen LogP contribution in [0.25, 0.3) is 88.5 Å². The fourth-order valence-electron chi connectivity index (χ4n) is 6.46. The van der Waals surface area contributed by atoms with E-state index < -0.39 is 0 Å². The third-order valence-electron chi connectivity index (χ3n) is 8.73. The molecule has 210 valence electrons. The molecule has 0 atom stereocenters. The third kappa shape index (κ3) is 4.29. The zero-order chi connectivity index (χ0) is 29.7. The quantitative estimate of drug-likeness (QED) is 0.210. The fourth-order valence-corrected chi connectivity index (χ4v) is 6.46. The Morgan fingerprint density at radius 1 is 0.356 bits per heavy atom. The Morgan fingerprint density at radius 3 is 1.67 bits per heavy atom. The first-order valence-electron chi connectivity index (χ1n) is 15.2. The summed E-state index contributed by atoms with van der Waals surface area (Å²) in [7, 11) is 0. The van der Waals surface area contributed by atoms with E-state index in [4.69, 9.17) is 14.4 Å². The van der Waals surface area contributed by atoms with Crippen molar-refractivity contribution >= 4 is 43.6 Å². The lowest BCUT2D eigenvalue weighted by molar-refractivity contribution is 0.672. The van der Waals surface area contributed by atoms with E-state index in [1.807, 2.05) is 24.3 Å². The maximum atomic E-state index is 6.38. The van der Waals surface area contributed by atoms with Gasteiger partial charge >= 0.3 is 0 Å². The summed E-state index contributed by atoms with van der Waals surface area (Å²) in [6.45, 7) is 0. The minimum Gasteiger partial charge on any atom is -0.455 e. The molecule has 2 heterocycles. The van der Waals surface area contributed by atoms with Crippen LogP contribution in [-0.2, 0) is 0 Å². The van der Waals surface area contributed by atoms with Crippen LogP contribution in [0.4, 0.5) is 0 Å². The number of para-hydroxylation sites is 2. The first kappa shape index (κ1) is 25.4. The Bertz CT molecular complexity index is 2510. The Morgan fingerprint density at radius 2 is 0.911 bits per heavy atom. The zero-order valence-electron chi connectivity index (χ0n) is 24.3. The van der Waals surface area contributed by atoms with Crippen molar-refractivity contribution in [2.24, 2.45) is 0 Å². The van der Waals surface area contributed by atoms with Crippen LogP contribution in [0.1, 0.15) is 0 Å². The molecule has 3 nitrogen and oxygen atoms in total. The lowest BCUT2D eigenvalue weighted by Crippen LogP contribution is -1.96. The average Bonchev–Trinajstić information content (AvgIpc) is 3.51. The molecular weight excluding hydrogens is 548 g/mol. The minimum atomic E-state index is 0.705. The number of nitrogens with zero attached hydrogens (tertiary/aromatic N) is 2. The van der Waals surface area contributed by atoms with Gasteiger partial charge < -0.3 is 4.42 Å². The third-order valence-corrected chi connectivity index (χ3v) is 8.73. The van der Waals surface area contributed by atoms with Crippen LogP contribution in [0.5, 0.6) is 0 Å². The molecule has 0 aliphatic rings. The van der Waals surface area contributed by atoms with Crippen molar-refractivity contribution < 1.29 is 4.42 Å². The highest BCUT2D eigenvalue weighted by Gasteiger charge is 2.17. The SMILES string of the molecule is c1ccc(-c2ccc(-c3ccc(-c4nc(-c5cccc6c5ccc5c7ccccc7oc65)c5ccccc5n4)cc3)cc2)cc1. The fraction of sp³-hybridized carbons (Fsp3) is 0. The van der Waals surface area contributed by atoms with Crippen molar-refractivity contribution in [3.63, 3.8) is 0 Å². The molecule has 45 heavy (non-hydrogen) atoms. The summed E-state index contributed by atoms with van der Waals surface area (Å²) < 4.78 is 6.38. The second-order valence-corrected chi connectivity index (χ2v) is 11.4. The smallest absolute Gasteiger partial charge is 0.160 e. The maximum Gasteiger partial charge on any atom is 0.160 e. The van der Waals surface area contributed by atoms with Gasteiger partial charge in [-0.1, -0.05) is 140 Å². The van der Waals surface area contributed by atoms with Gasteiger partial charge in [-0.3, -0.25) is 0 Å². The highest BCUT2D eigenvalue weighted by molar-refractivity contribution is 6.18. The first-order valence-corrected chi connectivity index (χ1v) is 15.2. The average molecular weight is 575 g/mol. The van der Waals surface area contributed by atoms with E-state index in [1.54, 1.807) is 0 Å². The van der Waals surface area contributed by atoms with Crippen LogP contribution in [0.2, 0.25) is 0 Å². The van der Waals surface area contributed by atoms with Crippen molar-refractivity contribution in [3.8, 4) is 44.9 Å². The van der Waals surface area contributed by atoms with Crippen LogP contribution in [0, 0.1) is 0 Å². The summed E-state index contributed by atoms with van der Waals surface area (Å²) in [6.07, 6.45) is 0. The molecule has 0 amide bonds. The van der Waals surface area contributed by atoms with E-state index >= 15 is 0 Å². The Labute approximate surface area is 260 Å². The van der Waals surface area contributed by atoms with E-state index in [0.29, 0.717) is 5.82 Å². The molecular formula is C42H26N2O. The highest BCUT2D eigenvalue weighted by Crippen LogP contribution is 2.39. The van der Waals surface area contributed by atoms with Gasteiger partial charge in [0.05, 0.1) is 11.2 Å². The van der Waals surface area contributed by atoms with E-state index in [1.165, 1.54) is 16.7 Å². The van der Waals surface area contributed by atoms with Crippen molar-refractivity contribution in [1.82, 2.24) is 9.97 Å². The van der Waals surface area contributed by atoms with Crippen molar-refractivity contribution in [2.45, 2.75) is 0 Å². The molecule has 9 aromatic rings. The predicted molar refractivity (Wildman–Crippen MR) is 186 cm³/mol. The van der Waals surface area contributed by atoms with E-state index in [9.17, 15) is 0 Å². The number of aromatic nitrogens is 2. The van der Waals surface area contributed by atoms with Gasteiger partial charge in [0, 0.05) is 32.7 Å². The predicted octanol–water partition coefficient (Wildman–Crippen LogP) is 11.4. The van der Waals surface area contributed by atoms with Crippen LogP contribution in [0.3, 0.4) is 0 Å². The van der Waals surface area contributed by atoms with Gasteiger partial charge in [-0.25, -0.2) is 9.97 Å². The van der Waals surface area contributed by atoms with Crippen LogP contribution >= 0.6 is 0 Å². The number of benzene rings is 7. The van der Waals surface area contributed by atoms with E-state index in [0.717, 1.165) is 66.0 Å². The van der Waals surface area contributed by atoms with E-state index in [-0.39, 0.29) is 0 Å². The largest absolute Gasteiger partial charge is 0.455 e. The Hall–Kier alpha value is -6.06. The lowest BCUT2D eigenvalue weighted by atomic mass is 9.97. The van der Waals surface area contributed by atoms with Crippen molar-refractivity contribution in [2.75, 3.05) is 0 Å². The summed E-state index contributed by atoms with van der Waals surface area (Å²) in [6, 6.07) is 55.0. The van der Waals surface area contributed by atoms with Crippen LogP contribution in [0.15, 0.2) is 162 Å². The normalized spacial score (nSPS) is 11.6. The lowest BCUT2D eigenvalue weighted by Gasteiger charge is -2.12. The molecule has 7 aromatic carbocycles. The van der Waals surface area contributed by atoms with Gasteiger partial charge in [0.15, 0.2) is 5.82 Å². The van der Waals surface area contributed by atoms with Crippen molar-refractivity contribution in [3.05, 3.63) is 158 Å². The standard InChI is InChI=1S/C42H26N2O/c1-2-9-27(10-3-1)28-17-19-29(20-18-28)30-21-23-31(24-22-30)42-43-38-15-6-4-12-37(38)40(44-42)34-13-8-14-35-32(34)25-26-36-33-11-5-7-16-39(33)45-41(35)36/h1-26H. The molecule has 0 fully saturated rings. The summed E-state index contributed by atoms with van der Waals surface area (Å²) in [5, 5.41) is 5.46. The Balaban J connectivity index is 1.14. The molecule has 0 saturated heterocycles.